The SMILES string of the molecule is CCNC(=NCc1cnc(C)s1)N1CCN(c2nc(CC)ns2)CC1. The summed E-state index contributed by atoms with van der Waals surface area (Å²) in [4.78, 5) is 19.5. The maximum Gasteiger partial charge on any atom is 0.205 e. The number of piperazine rings is 1. The molecule has 0 atom stereocenters. The molecule has 1 saturated heterocycles. The van der Waals surface area contributed by atoms with Crippen molar-refractivity contribution in [1.82, 2.24) is 24.6 Å². The van der Waals surface area contributed by atoms with E-state index in [0.29, 0.717) is 6.54 Å². The number of thiazole rings is 1. The van der Waals surface area contributed by atoms with Crippen LogP contribution < -0.4 is 10.2 Å². The molecule has 1 aliphatic heterocycles. The highest BCUT2D eigenvalue weighted by Gasteiger charge is 2.22. The van der Waals surface area contributed by atoms with Gasteiger partial charge in [0.1, 0.15) is 5.82 Å². The summed E-state index contributed by atoms with van der Waals surface area (Å²) >= 11 is 3.22. The molecule has 0 unspecified atom stereocenters. The Bertz CT molecular complexity index is 701. The fourth-order valence-corrected chi connectivity index (χ4v) is 4.20. The van der Waals surface area contributed by atoms with E-state index in [1.807, 2.05) is 13.1 Å². The number of hydrogen-bond donors (Lipinski definition) is 1. The molecule has 0 saturated carbocycles. The molecule has 136 valence electrons. The Morgan fingerprint density at radius 2 is 2.08 bits per heavy atom. The van der Waals surface area contributed by atoms with Gasteiger partial charge < -0.3 is 15.1 Å². The van der Waals surface area contributed by atoms with Crippen molar-refractivity contribution < 1.29 is 0 Å². The number of nitrogens with zero attached hydrogens (tertiary/aromatic N) is 6. The summed E-state index contributed by atoms with van der Waals surface area (Å²) in [7, 11) is 0. The van der Waals surface area contributed by atoms with Crippen molar-refractivity contribution in [3.8, 4) is 0 Å². The first-order valence-corrected chi connectivity index (χ1v) is 10.3. The second kappa shape index (κ2) is 8.57. The van der Waals surface area contributed by atoms with Crippen LogP contribution in [0.2, 0.25) is 0 Å². The van der Waals surface area contributed by atoms with Gasteiger partial charge in [0.25, 0.3) is 0 Å². The number of nitrogens with one attached hydrogen (secondary N) is 1. The standard InChI is InChI=1S/C16H25N7S2/c1-4-14-20-16(25-21-14)23-8-6-22(7-9-23)15(17-5-2)19-11-13-10-18-12(3)24-13/h10H,4-9,11H2,1-3H3,(H,17,19). The maximum absolute atomic E-state index is 4.79. The number of hydrogen-bond acceptors (Lipinski definition) is 7. The molecule has 0 radical (unpaired) electrons. The van der Waals surface area contributed by atoms with E-state index >= 15 is 0 Å². The van der Waals surface area contributed by atoms with Crippen LogP contribution in [0.1, 0.15) is 29.6 Å². The molecule has 0 spiro atoms. The molecular weight excluding hydrogens is 354 g/mol. The summed E-state index contributed by atoms with van der Waals surface area (Å²) in [5.74, 6) is 1.93. The minimum absolute atomic E-state index is 0.685. The molecular formula is C16H25N7S2. The maximum atomic E-state index is 4.79. The van der Waals surface area contributed by atoms with Crippen LogP contribution in [0.3, 0.4) is 0 Å². The highest BCUT2D eigenvalue weighted by molar-refractivity contribution is 7.11. The predicted molar refractivity (Wildman–Crippen MR) is 105 cm³/mol. The highest BCUT2D eigenvalue weighted by atomic mass is 32.1. The Labute approximate surface area is 157 Å². The van der Waals surface area contributed by atoms with E-state index in [1.165, 1.54) is 16.4 Å². The summed E-state index contributed by atoms with van der Waals surface area (Å²) < 4.78 is 4.39. The third kappa shape index (κ3) is 4.66. The zero-order valence-electron chi connectivity index (χ0n) is 15.0. The van der Waals surface area contributed by atoms with E-state index in [9.17, 15) is 0 Å². The minimum Gasteiger partial charge on any atom is -0.357 e. The molecule has 9 heteroatoms. The number of aryl methyl sites for hydroxylation is 2. The lowest BCUT2D eigenvalue weighted by Gasteiger charge is -2.36. The van der Waals surface area contributed by atoms with E-state index in [-0.39, 0.29) is 0 Å². The fourth-order valence-electron chi connectivity index (χ4n) is 2.68. The molecule has 2 aromatic heterocycles. The van der Waals surface area contributed by atoms with Gasteiger partial charge in [-0.3, -0.25) is 0 Å². The molecule has 7 nitrogen and oxygen atoms in total. The smallest absolute Gasteiger partial charge is 0.205 e. The van der Waals surface area contributed by atoms with Crippen LogP contribution >= 0.6 is 22.9 Å². The van der Waals surface area contributed by atoms with Crippen molar-refractivity contribution >= 4 is 34.0 Å². The van der Waals surface area contributed by atoms with Crippen LogP contribution in [0.5, 0.6) is 0 Å². The summed E-state index contributed by atoms with van der Waals surface area (Å²) in [5, 5.41) is 5.54. The number of aromatic nitrogens is 3. The third-order valence-corrected chi connectivity index (χ3v) is 5.72. The van der Waals surface area contributed by atoms with Crippen LogP contribution in [0, 0.1) is 6.92 Å². The monoisotopic (exact) mass is 379 g/mol. The molecule has 0 bridgehead atoms. The van der Waals surface area contributed by atoms with Crippen LogP contribution in [0.4, 0.5) is 5.13 Å². The van der Waals surface area contributed by atoms with Crippen molar-refractivity contribution in [3.05, 3.63) is 21.9 Å². The Balaban J connectivity index is 1.59. The minimum atomic E-state index is 0.685. The topological polar surface area (TPSA) is 69.5 Å². The van der Waals surface area contributed by atoms with Gasteiger partial charge in [-0.1, -0.05) is 6.92 Å². The molecule has 0 aliphatic carbocycles. The zero-order valence-corrected chi connectivity index (χ0v) is 16.7. The van der Waals surface area contributed by atoms with E-state index in [1.54, 1.807) is 11.3 Å². The average Bonchev–Trinajstić information content (AvgIpc) is 3.27. The summed E-state index contributed by atoms with van der Waals surface area (Å²) in [5.41, 5.74) is 0. The second-order valence-corrected chi connectivity index (χ2v) is 7.89. The number of guanidine groups is 1. The van der Waals surface area contributed by atoms with Crippen LogP contribution in [-0.2, 0) is 13.0 Å². The third-order valence-electron chi connectivity index (χ3n) is 4.01. The predicted octanol–water partition coefficient (Wildman–Crippen LogP) is 2.15. The van der Waals surface area contributed by atoms with Crippen molar-refractivity contribution in [2.45, 2.75) is 33.7 Å². The van der Waals surface area contributed by atoms with E-state index in [4.69, 9.17) is 4.99 Å². The van der Waals surface area contributed by atoms with Gasteiger partial charge in [-0.05, 0) is 13.8 Å². The number of rotatable bonds is 5. The molecule has 1 aliphatic rings. The van der Waals surface area contributed by atoms with Crippen LogP contribution in [-0.4, -0.2) is 57.9 Å². The summed E-state index contributed by atoms with van der Waals surface area (Å²) in [6.07, 6.45) is 2.82. The fraction of sp³-hybridized carbons (Fsp3) is 0.625. The quantitative estimate of drug-likeness (QED) is 0.634. The van der Waals surface area contributed by atoms with Crippen molar-refractivity contribution in [2.24, 2.45) is 4.99 Å². The largest absolute Gasteiger partial charge is 0.357 e. The molecule has 2 aromatic rings. The molecule has 1 N–H and O–H groups in total. The van der Waals surface area contributed by atoms with Gasteiger partial charge in [-0.25, -0.2) is 15.0 Å². The van der Waals surface area contributed by atoms with Gasteiger partial charge in [0.05, 0.1) is 11.6 Å². The molecule has 1 fully saturated rings. The average molecular weight is 380 g/mol. The van der Waals surface area contributed by atoms with Gasteiger partial charge in [0, 0.05) is 61.8 Å². The van der Waals surface area contributed by atoms with Crippen molar-refractivity contribution in [3.63, 3.8) is 0 Å². The van der Waals surface area contributed by atoms with E-state index in [2.05, 4.69) is 43.3 Å². The lowest BCUT2D eigenvalue weighted by Crippen LogP contribution is -2.52. The summed E-state index contributed by atoms with van der Waals surface area (Å²) in [6, 6.07) is 0. The molecule has 3 heterocycles. The Morgan fingerprint density at radius 3 is 2.68 bits per heavy atom. The first-order valence-electron chi connectivity index (χ1n) is 8.71. The van der Waals surface area contributed by atoms with Crippen LogP contribution in [0.25, 0.3) is 0 Å². The normalized spacial score (nSPS) is 15.7. The molecule has 0 aromatic carbocycles. The van der Waals surface area contributed by atoms with Crippen molar-refractivity contribution in [2.75, 3.05) is 37.6 Å². The lowest BCUT2D eigenvalue weighted by molar-refractivity contribution is 0.372. The molecule has 25 heavy (non-hydrogen) atoms. The van der Waals surface area contributed by atoms with Gasteiger partial charge >= 0.3 is 0 Å². The van der Waals surface area contributed by atoms with Gasteiger partial charge in [-0.15, -0.1) is 11.3 Å². The van der Waals surface area contributed by atoms with E-state index in [0.717, 1.165) is 61.1 Å². The van der Waals surface area contributed by atoms with Crippen LogP contribution in [0.15, 0.2) is 11.2 Å². The zero-order chi connectivity index (χ0) is 17.6. The lowest BCUT2D eigenvalue weighted by atomic mass is 10.3. The number of anilines is 1. The Morgan fingerprint density at radius 1 is 1.28 bits per heavy atom. The van der Waals surface area contributed by atoms with Gasteiger partial charge in [0.15, 0.2) is 5.96 Å². The molecule has 3 rings (SSSR count). The summed E-state index contributed by atoms with van der Waals surface area (Å²) in [6.45, 7) is 11.6. The first-order chi connectivity index (χ1) is 12.2. The van der Waals surface area contributed by atoms with Gasteiger partial charge in [0.2, 0.25) is 5.13 Å². The second-order valence-electron chi connectivity index (χ2n) is 5.84. The van der Waals surface area contributed by atoms with Gasteiger partial charge in [-0.2, -0.15) is 4.37 Å². The Kier molecular flexibility index (Phi) is 6.19. The number of aliphatic imine (C=N–C) groups is 1. The van der Waals surface area contributed by atoms with E-state index < -0.39 is 0 Å². The molecule has 0 amide bonds. The first kappa shape index (κ1) is 18.1. The Hall–Kier alpha value is -1.74. The van der Waals surface area contributed by atoms with Crippen molar-refractivity contribution in [1.29, 1.82) is 0 Å². The highest BCUT2D eigenvalue weighted by Crippen LogP contribution is 2.19.